The van der Waals surface area contributed by atoms with Crippen LogP contribution in [0.15, 0.2) is 66.7 Å². The molecule has 0 saturated carbocycles. The van der Waals surface area contributed by atoms with Crippen molar-refractivity contribution in [2.24, 2.45) is 0 Å². The molecule has 0 radical (unpaired) electrons. The Morgan fingerprint density at radius 3 is 1.84 bits per heavy atom. The van der Waals surface area contributed by atoms with Gasteiger partial charge in [-0.2, -0.15) is 0 Å². The Hall–Kier alpha value is -3.06. The van der Waals surface area contributed by atoms with Crippen molar-refractivity contribution in [3.63, 3.8) is 0 Å². The number of aromatic hydroxyl groups is 1. The molecule has 3 rings (SSSR count). The van der Waals surface area contributed by atoms with Crippen LogP contribution in [0.4, 0.5) is 0 Å². The second-order valence-corrected chi connectivity index (χ2v) is 7.65. The van der Waals surface area contributed by atoms with Crippen LogP contribution in [0.2, 0.25) is 0 Å². The zero-order chi connectivity index (χ0) is 22.9. The van der Waals surface area contributed by atoms with Gasteiger partial charge in [-0.3, -0.25) is 0 Å². The number of aliphatic hydroxyl groups is 2. The van der Waals surface area contributed by atoms with E-state index in [9.17, 15) is 15.3 Å². The Balaban J connectivity index is 1.65. The lowest BCUT2D eigenvalue weighted by Crippen LogP contribution is -2.24. The van der Waals surface area contributed by atoms with Gasteiger partial charge in [0.05, 0.1) is 26.9 Å². The van der Waals surface area contributed by atoms with Gasteiger partial charge in [0, 0.05) is 18.0 Å². The van der Waals surface area contributed by atoms with E-state index in [1.165, 1.54) is 17.2 Å². The molecule has 0 spiro atoms. The summed E-state index contributed by atoms with van der Waals surface area (Å²) < 4.78 is 10.6. The Morgan fingerprint density at radius 2 is 1.34 bits per heavy atom. The number of nitrogens with one attached hydrogen (secondary N) is 1. The maximum atomic E-state index is 10.5. The molecule has 0 heterocycles. The quantitative estimate of drug-likeness (QED) is 0.342. The summed E-state index contributed by atoms with van der Waals surface area (Å²) >= 11 is 0. The van der Waals surface area contributed by atoms with Gasteiger partial charge in [-0.1, -0.05) is 30.3 Å². The Kier molecular flexibility index (Phi) is 8.50. The lowest BCUT2D eigenvalue weighted by molar-refractivity contribution is 0.174. The summed E-state index contributed by atoms with van der Waals surface area (Å²) in [6.07, 6.45) is 0.101. The molecule has 3 aromatic rings. The number of benzene rings is 3. The number of methoxy groups -OCH3 is 2. The molecule has 0 saturated heterocycles. The maximum absolute atomic E-state index is 10.5. The first-order valence-corrected chi connectivity index (χ1v) is 10.6. The van der Waals surface area contributed by atoms with Crippen LogP contribution in [0.25, 0.3) is 0 Å². The van der Waals surface area contributed by atoms with Crippen LogP contribution < -0.4 is 14.8 Å². The summed E-state index contributed by atoms with van der Waals surface area (Å²) in [5, 5.41) is 32.8. The number of hydrogen-bond acceptors (Lipinski definition) is 6. The molecule has 0 fully saturated rings. The second kappa shape index (κ2) is 11.5. The minimum atomic E-state index is -0.735. The fourth-order valence-corrected chi connectivity index (χ4v) is 3.74. The second-order valence-electron chi connectivity index (χ2n) is 7.65. The average molecular weight is 438 g/mol. The van der Waals surface area contributed by atoms with Gasteiger partial charge in [0.15, 0.2) is 0 Å². The summed E-state index contributed by atoms with van der Waals surface area (Å²) in [6, 6.07) is 21.0. The van der Waals surface area contributed by atoms with Crippen molar-refractivity contribution in [2.75, 3.05) is 27.3 Å². The van der Waals surface area contributed by atoms with Crippen molar-refractivity contribution in [3.8, 4) is 17.2 Å². The smallest absolute Gasteiger partial charge is 0.121 e. The first kappa shape index (κ1) is 23.6. The lowest BCUT2D eigenvalue weighted by atomic mass is 9.88. The zero-order valence-electron chi connectivity index (χ0n) is 18.5. The molecule has 4 N–H and O–H groups in total. The number of aliphatic hydroxyl groups excluding tert-OH is 2. The van der Waals surface area contributed by atoms with Crippen LogP contribution in [0.3, 0.4) is 0 Å². The van der Waals surface area contributed by atoms with Gasteiger partial charge in [-0.15, -0.1) is 0 Å². The number of rotatable bonds is 11. The van der Waals surface area contributed by atoms with Gasteiger partial charge in [-0.25, -0.2) is 0 Å². The van der Waals surface area contributed by atoms with Crippen LogP contribution in [0, 0.1) is 0 Å². The monoisotopic (exact) mass is 437 g/mol. The van der Waals surface area contributed by atoms with Crippen LogP contribution in [0.5, 0.6) is 17.2 Å². The Bertz CT molecular complexity index is 925. The Morgan fingerprint density at radius 1 is 0.812 bits per heavy atom. The highest BCUT2D eigenvalue weighted by Crippen LogP contribution is 2.30. The van der Waals surface area contributed by atoms with Gasteiger partial charge in [0.1, 0.15) is 17.2 Å². The van der Waals surface area contributed by atoms with Gasteiger partial charge in [0.2, 0.25) is 0 Å². The molecule has 0 aromatic heterocycles. The van der Waals surface area contributed by atoms with E-state index in [1.807, 2.05) is 24.3 Å². The summed E-state index contributed by atoms with van der Waals surface area (Å²) in [7, 11) is 3.31. The molecular weight excluding hydrogens is 406 g/mol. The highest BCUT2D eigenvalue weighted by Gasteiger charge is 2.16. The van der Waals surface area contributed by atoms with Crippen molar-refractivity contribution < 1.29 is 24.8 Å². The molecule has 0 amide bonds. The van der Waals surface area contributed by atoms with Gasteiger partial charge in [-0.05, 0) is 66.1 Å². The van der Waals surface area contributed by atoms with Crippen molar-refractivity contribution in [3.05, 3.63) is 89.0 Å². The third kappa shape index (κ3) is 6.01. The highest BCUT2D eigenvalue weighted by atomic mass is 16.5. The third-order valence-electron chi connectivity index (χ3n) is 5.64. The predicted octanol–water partition coefficient (Wildman–Crippen LogP) is 3.75. The summed E-state index contributed by atoms with van der Waals surface area (Å²) in [5.74, 6) is 1.84. The normalized spacial score (nSPS) is 12.0. The average Bonchev–Trinajstić information content (AvgIpc) is 2.84. The van der Waals surface area contributed by atoms with E-state index in [0.717, 1.165) is 17.9 Å². The van der Waals surface area contributed by atoms with E-state index in [-0.39, 0.29) is 18.3 Å². The van der Waals surface area contributed by atoms with E-state index < -0.39 is 6.10 Å². The van der Waals surface area contributed by atoms with Crippen molar-refractivity contribution in [1.82, 2.24) is 5.32 Å². The third-order valence-corrected chi connectivity index (χ3v) is 5.64. The molecule has 0 bridgehead atoms. The highest BCUT2D eigenvalue weighted by molar-refractivity contribution is 5.39. The van der Waals surface area contributed by atoms with Crippen LogP contribution in [-0.4, -0.2) is 42.6 Å². The molecule has 170 valence electrons. The van der Waals surface area contributed by atoms with Crippen LogP contribution >= 0.6 is 0 Å². The first-order chi connectivity index (χ1) is 15.5. The van der Waals surface area contributed by atoms with E-state index in [0.29, 0.717) is 24.2 Å². The molecule has 32 heavy (non-hydrogen) atoms. The fraction of sp³-hybridized carbons (Fsp3) is 0.308. The fourth-order valence-electron chi connectivity index (χ4n) is 3.74. The van der Waals surface area contributed by atoms with Crippen molar-refractivity contribution in [1.29, 1.82) is 0 Å². The number of hydrogen-bond donors (Lipinski definition) is 4. The largest absolute Gasteiger partial charge is 0.508 e. The molecule has 6 nitrogen and oxygen atoms in total. The lowest BCUT2D eigenvalue weighted by Gasteiger charge is -2.20. The van der Waals surface area contributed by atoms with Crippen molar-refractivity contribution >= 4 is 0 Å². The molecular formula is C26H31NO5. The molecule has 3 aromatic carbocycles. The molecule has 0 aliphatic carbocycles. The zero-order valence-corrected chi connectivity index (χ0v) is 18.5. The molecule has 0 aliphatic heterocycles. The predicted molar refractivity (Wildman–Crippen MR) is 124 cm³/mol. The number of ether oxygens (including phenoxy) is 2. The van der Waals surface area contributed by atoms with Gasteiger partial charge < -0.3 is 30.1 Å². The summed E-state index contributed by atoms with van der Waals surface area (Å²) in [4.78, 5) is 0. The van der Waals surface area contributed by atoms with E-state index in [1.54, 1.807) is 26.4 Å². The topological polar surface area (TPSA) is 91.2 Å². The maximum Gasteiger partial charge on any atom is 0.121 e. The number of phenols is 1. The molecule has 0 aliphatic rings. The Labute approximate surface area is 189 Å². The van der Waals surface area contributed by atoms with Gasteiger partial charge in [0.25, 0.3) is 0 Å². The summed E-state index contributed by atoms with van der Waals surface area (Å²) in [5.41, 5.74) is 3.43. The van der Waals surface area contributed by atoms with E-state index >= 15 is 0 Å². The molecule has 1 atom stereocenters. The van der Waals surface area contributed by atoms with E-state index in [2.05, 4.69) is 29.6 Å². The van der Waals surface area contributed by atoms with Gasteiger partial charge >= 0.3 is 0 Å². The standard InChI is InChI=1S/C26H31NO5/c1-31-22-8-3-18(4-9-22)24(19-5-10-23(32-2)11-6-19)13-14-27-16-26(30)20-7-12-25(29)21(15-20)17-28/h3-12,15,24,26-30H,13-14,16-17H2,1-2H3. The first-order valence-electron chi connectivity index (χ1n) is 10.6. The minimum Gasteiger partial charge on any atom is -0.508 e. The minimum absolute atomic E-state index is 0.0261. The molecule has 1 unspecified atom stereocenters. The SMILES string of the molecule is COc1ccc(C(CCNCC(O)c2ccc(O)c(CO)c2)c2ccc(OC)cc2)cc1. The molecule has 6 heteroatoms. The van der Waals surface area contributed by atoms with Crippen molar-refractivity contribution in [2.45, 2.75) is 25.0 Å². The van der Waals surface area contributed by atoms with Crippen LogP contribution in [0.1, 0.15) is 40.7 Å². The summed E-state index contributed by atoms with van der Waals surface area (Å²) in [6.45, 7) is 0.795. The van der Waals surface area contributed by atoms with E-state index in [4.69, 9.17) is 9.47 Å². The van der Waals surface area contributed by atoms with Crippen LogP contribution in [-0.2, 0) is 6.61 Å².